The molecule has 148 valence electrons. The molecule has 8 heteroatoms. The van der Waals surface area contributed by atoms with Crippen LogP contribution in [0.5, 0.6) is 0 Å². The lowest BCUT2D eigenvalue weighted by atomic mass is 9.98. The highest BCUT2D eigenvalue weighted by Gasteiger charge is 2.25. The molecule has 27 heavy (non-hydrogen) atoms. The van der Waals surface area contributed by atoms with Gasteiger partial charge in [0.25, 0.3) is 0 Å². The summed E-state index contributed by atoms with van der Waals surface area (Å²) in [6.07, 6.45) is 2.41. The first kappa shape index (κ1) is 20.8. The fraction of sp³-hybridized carbons (Fsp3) is 0.474. The molecule has 1 aromatic heterocycles. The molecule has 6 nitrogen and oxygen atoms in total. The van der Waals surface area contributed by atoms with Crippen molar-refractivity contribution < 1.29 is 23.4 Å². The quantitative estimate of drug-likeness (QED) is 0.688. The zero-order chi connectivity index (χ0) is 20.0. The Morgan fingerprint density at radius 1 is 1.30 bits per heavy atom. The molecule has 0 saturated heterocycles. The van der Waals surface area contributed by atoms with Gasteiger partial charge in [-0.1, -0.05) is 0 Å². The minimum atomic E-state index is -0.964. The van der Waals surface area contributed by atoms with Crippen LogP contribution in [0.2, 0.25) is 0 Å². The van der Waals surface area contributed by atoms with Crippen LogP contribution in [-0.4, -0.2) is 38.9 Å². The number of amides is 1. The topological polar surface area (TPSA) is 87.2 Å². The van der Waals surface area contributed by atoms with Crippen LogP contribution in [0.15, 0.2) is 30.6 Å². The van der Waals surface area contributed by atoms with E-state index in [4.69, 9.17) is 4.74 Å². The molecule has 0 aliphatic heterocycles. The summed E-state index contributed by atoms with van der Waals surface area (Å²) in [5.74, 6) is -0.737. The average molecular weight is 381 g/mol. The van der Waals surface area contributed by atoms with E-state index in [2.05, 4.69) is 15.3 Å². The van der Waals surface area contributed by atoms with E-state index in [0.29, 0.717) is 24.2 Å². The Hall–Kier alpha value is -2.48. The summed E-state index contributed by atoms with van der Waals surface area (Å²) in [5, 5.41) is 13.2. The molecule has 3 N–H and O–H groups in total. The van der Waals surface area contributed by atoms with Gasteiger partial charge in [0, 0.05) is 24.9 Å². The monoisotopic (exact) mass is 381 g/mol. The van der Waals surface area contributed by atoms with Gasteiger partial charge in [-0.3, -0.25) is 0 Å². The maximum Gasteiger partial charge on any atom is 0.407 e. The van der Waals surface area contributed by atoms with Crippen LogP contribution in [0.4, 0.5) is 13.6 Å². The number of alkyl carbamates (subject to hydrolysis) is 1. The average Bonchev–Trinajstić information content (AvgIpc) is 3.02. The largest absolute Gasteiger partial charge is 0.444 e. The minimum absolute atomic E-state index is 0.0489. The summed E-state index contributed by atoms with van der Waals surface area (Å²) in [5.41, 5.74) is -0.385. The zero-order valence-electron chi connectivity index (χ0n) is 15.6. The number of hydrogen-bond acceptors (Lipinski definition) is 4. The maximum atomic E-state index is 13.5. The van der Waals surface area contributed by atoms with Crippen LogP contribution in [0.25, 0.3) is 0 Å². The van der Waals surface area contributed by atoms with Gasteiger partial charge >= 0.3 is 6.09 Å². The number of carbonyl (C=O) groups is 1. The van der Waals surface area contributed by atoms with Crippen molar-refractivity contribution in [2.24, 2.45) is 0 Å². The van der Waals surface area contributed by atoms with E-state index in [-0.39, 0.29) is 6.42 Å². The maximum absolute atomic E-state index is 13.5. The van der Waals surface area contributed by atoms with Crippen LogP contribution in [0, 0.1) is 11.6 Å². The van der Waals surface area contributed by atoms with E-state index in [1.807, 2.05) is 0 Å². The molecular weight excluding hydrogens is 356 g/mol. The van der Waals surface area contributed by atoms with E-state index in [1.165, 1.54) is 12.1 Å². The number of aryl methyl sites for hydroxylation is 1. The number of nitrogens with zero attached hydrogens (tertiary/aromatic N) is 1. The first-order valence-electron chi connectivity index (χ1n) is 8.73. The number of H-pyrrole nitrogens is 1. The van der Waals surface area contributed by atoms with Crippen molar-refractivity contribution in [1.82, 2.24) is 15.3 Å². The molecule has 0 bridgehead atoms. The second-order valence-electron chi connectivity index (χ2n) is 7.38. The lowest BCUT2D eigenvalue weighted by molar-refractivity contribution is 0.0413. The zero-order valence-corrected chi connectivity index (χ0v) is 15.6. The molecule has 0 aliphatic carbocycles. The fourth-order valence-electron chi connectivity index (χ4n) is 2.65. The number of imidazole rings is 1. The first-order chi connectivity index (χ1) is 12.6. The Balaban J connectivity index is 2.09. The van der Waals surface area contributed by atoms with Gasteiger partial charge in [0.05, 0.1) is 12.1 Å². The molecule has 0 aliphatic rings. The Morgan fingerprint density at radius 3 is 2.52 bits per heavy atom. The third-order valence-corrected chi connectivity index (χ3v) is 3.78. The summed E-state index contributed by atoms with van der Waals surface area (Å²) < 4.78 is 32.2. The van der Waals surface area contributed by atoms with E-state index in [9.17, 15) is 18.7 Å². The normalized spacial score (nSPS) is 13.9. The van der Waals surface area contributed by atoms with Crippen molar-refractivity contribution in [2.45, 2.75) is 57.8 Å². The Kier molecular flexibility index (Phi) is 6.90. The van der Waals surface area contributed by atoms with Crippen molar-refractivity contribution in [1.29, 1.82) is 0 Å². The predicted octanol–water partition coefficient (Wildman–Crippen LogP) is 3.12. The smallest absolute Gasteiger partial charge is 0.407 e. The van der Waals surface area contributed by atoms with Crippen LogP contribution >= 0.6 is 0 Å². The molecule has 0 spiro atoms. The van der Waals surface area contributed by atoms with E-state index in [0.717, 1.165) is 6.07 Å². The van der Waals surface area contributed by atoms with Crippen molar-refractivity contribution in [2.75, 3.05) is 0 Å². The van der Waals surface area contributed by atoms with Crippen LogP contribution < -0.4 is 5.32 Å². The second-order valence-corrected chi connectivity index (χ2v) is 7.38. The summed E-state index contributed by atoms with van der Waals surface area (Å²) in [4.78, 5) is 19.1. The van der Waals surface area contributed by atoms with Gasteiger partial charge < -0.3 is 20.1 Å². The predicted molar refractivity (Wildman–Crippen MR) is 96.1 cm³/mol. The Labute approximate surface area is 157 Å². The molecule has 1 aromatic carbocycles. The number of rotatable bonds is 7. The molecule has 0 saturated carbocycles. The van der Waals surface area contributed by atoms with E-state index < -0.39 is 35.5 Å². The standard InChI is InChI=1S/C19H25F2N3O3/c1-19(2,3)27-18(26)24-15(10-12-8-13(20)11-14(21)9-12)16(25)4-5-17-22-6-7-23-17/h6-9,11,15-16,25H,4-5,10H2,1-3H3,(H,22,23)(H,24,26). The number of halogens is 2. The van der Waals surface area contributed by atoms with Gasteiger partial charge in [0.2, 0.25) is 0 Å². The summed E-state index contributed by atoms with van der Waals surface area (Å²) in [6, 6.07) is 2.33. The Morgan fingerprint density at radius 2 is 1.96 bits per heavy atom. The number of nitrogens with one attached hydrogen (secondary N) is 2. The number of carbonyl (C=O) groups excluding carboxylic acids is 1. The van der Waals surface area contributed by atoms with Gasteiger partial charge in [0.1, 0.15) is 23.1 Å². The number of hydrogen-bond donors (Lipinski definition) is 3. The second kappa shape index (κ2) is 8.94. The van der Waals surface area contributed by atoms with Crippen molar-refractivity contribution >= 4 is 6.09 Å². The molecule has 1 amide bonds. The first-order valence-corrected chi connectivity index (χ1v) is 8.73. The lowest BCUT2D eigenvalue weighted by Crippen LogP contribution is -2.47. The number of ether oxygens (including phenoxy) is 1. The lowest BCUT2D eigenvalue weighted by Gasteiger charge is -2.27. The van der Waals surface area contributed by atoms with Crippen LogP contribution in [0.3, 0.4) is 0 Å². The molecule has 2 aromatic rings. The number of aromatic amines is 1. The molecular formula is C19H25F2N3O3. The summed E-state index contributed by atoms with van der Waals surface area (Å²) >= 11 is 0. The van der Waals surface area contributed by atoms with Gasteiger partial charge in [-0.05, 0) is 51.3 Å². The van der Waals surface area contributed by atoms with E-state index >= 15 is 0 Å². The number of aliphatic hydroxyl groups excluding tert-OH is 1. The Bertz CT molecular complexity index is 725. The van der Waals surface area contributed by atoms with E-state index in [1.54, 1.807) is 33.2 Å². The number of aliphatic hydroxyl groups is 1. The molecule has 2 rings (SSSR count). The van der Waals surface area contributed by atoms with Gasteiger partial charge in [-0.25, -0.2) is 18.6 Å². The van der Waals surface area contributed by atoms with Crippen LogP contribution in [0.1, 0.15) is 38.6 Å². The van der Waals surface area contributed by atoms with Gasteiger partial charge in [-0.2, -0.15) is 0 Å². The SMILES string of the molecule is CC(C)(C)OC(=O)NC(Cc1cc(F)cc(F)c1)C(O)CCc1ncc[nH]1. The van der Waals surface area contributed by atoms with Crippen molar-refractivity contribution in [3.05, 3.63) is 53.6 Å². The van der Waals surface area contributed by atoms with Gasteiger partial charge in [0.15, 0.2) is 0 Å². The third-order valence-electron chi connectivity index (χ3n) is 3.78. The van der Waals surface area contributed by atoms with Crippen molar-refractivity contribution in [3.8, 4) is 0 Å². The summed E-state index contributed by atoms with van der Waals surface area (Å²) in [7, 11) is 0. The minimum Gasteiger partial charge on any atom is -0.444 e. The number of aromatic nitrogens is 2. The van der Waals surface area contributed by atoms with Crippen LogP contribution in [-0.2, 0) is 17.6 Å². The highest BCUT2D eigenvalue weighted by molar-refractivity contribution is 5.68. The molecule has 0 fully saturated rings. The molecule has 1 heterocycles. The highest BCUT2D eigenvalue weighted by atomic mass is 19.1. The highest BCUT2D eigenvalue weighted by Crippen LogP contribution is 2.15. The molecule has 0 radical (unpaired) electrons. The van der Waals surface area contributed by atoms with Crippen molar-refractivity contribution in [3.63, 3.8) is 0 Å². The van der Waals surface area contributed by atoms with Gasteiger partial charge in [-0.15, -0.1) is 0 Å². The molecule has 2 unspecified atom stereocenters. The fourth-order valence-corrected chi connectivity index (χ4v) is 2.65. The molecule has 2 atom stereocenters. The third kappa shape index (κ3) is 7.34. The summed E-state index contributed by atoms with van der Waals surface area (Å²) in [6.45, 7) is 5.16. The number of benzene rings is 1.